The van der Waals surface area contributed by atoms with Crippen molar-refractivity contribution in [2.75, 3.05) is 11.1 Å². The first-order chi connectivity index (χ1) is 15.6. The van der Waals surface area contributed by atoms with Crippen molar-refractivity contribution in [3.63, 3.8) is 0 Å². The third kappa shape index (κ3) is 5.56. The number of aliphatic carboxylic acids is 1. The number of anilines is 1. The van der Waals surface area contributed by atoms with E-state index in [0.29, 0.717) is 5.56 Å². The van der Waals surface area contributed by atoms with Gasteiger partial charge in [0.15, 0.2) is 0 Å². The van der Waals surface area contributed by atoms with E-state index in [1.54, 1.807) is 6.07 Å². The van der Waals surface area contributed by atoms with Gasteiger partial charge in [-0.2, -0.15) is 5.10 Å². The topological polar surface area (TPSA) is 141 Å². The van der Waals surface area contributed by atoms with E-state index in [-0.39, 0.29) is 43.3 Å². The second kappa shape index (κ2) is 10.4. The van der Waals surface area contributed by atoms with Gasteiger partial charge in [0.05, 0.1) is 32.4 Å². The maximum Gasteiger partial charge on any atom is 0.321 e. The number of nitrogens with one attached hydrogen (secondary N) is 2. The molecule has 0 aliphatic carbocycles. The number of thioether (sulfide) groups is 1. The predicted molar refractivity (Wildman–Crippen MR) is 121 cm³/mol. The van der Waals surface area contributed by atoms with Gasteiger partial charge in [0.2, 0.25) is 0 Å². The molecule has 0 radical (unpaired) electrons. The fourth-order valence-electron chi connectivity index (χ4n) is 2.84. The van der Waals surface area contributed by atoms with Crippen LogP contribution in [0.2, 0.25) is 10.0 Å². The molecule has 8 nitrogen and oxygen atoms in total. The van der Waals surface area contributed by atoms with E-state index >= 15 is 0 Å². The van der Waals surface area contributed by atoms with Crippen LogP contribution in [0.15, 0.2) is 41.4 Å². The van der Waals surface area contributed by atoms with Crippen LogP contribution >= 0.6 is 35.0 Å². The number of aromatic hydroxyl groups is 1. The Morgan fingerprint density at radius 2 is 1.94 bits per heavy atom. The van der Waals surface area contributed by atoms with E-state index in [1.807, 2.05) is 0 Å². The Kier molecular flexibility index (Phi) is 7.80. The number of hydrogen-bond donors (Lipinski definition) is 5. The van der Waals surface area contributed by atoms with Crippen molar-refractivity contribution >= 4 is 52.5 Å². The van der Waals surface area contributed by atoms with E-state index in [0.717, 1.165) is 18.0 Å². The summed E-state index contributed by atoms with van der Waals surface area (Å²) in [4.78, 5) is 24.0. The lowest BCUT2D eigenvalue weighted by atomic mass is 10.0. The second-order valence-electron chi connectivity index (χ2n) is 6.67. The summed E-state index contributed by atoms with van der Waals surface area (Å²) in [7, 11) is 0. The normalized spacial score (nSPS) is 12.1. The minimum absolute atomic E-state index is 0.105. The van der Waals surface area contributed by atoms with E-state index in [2.05, 4.69) is 15.5 Å². The number of phenolic OH excluding ortho intramolecular Hbond substituents is 1. The number of carboxylic acid groups (broad SMARTS) is 1. The van der Waals surface area contributed by atoms with Gasteiger partial charge in [0, 0.05) is 11.3 Å². The van der Waals surface area contributed by atoms with Crippen LogP contribution in [0.3, 0.4) is 0 Å². The number of alkyl halides is 2. The Balaban J connectivity index is 2.09. The Labute approximate surface area is 200 Å². The molecule has 3 aromatic rings. The van der Waals surface area contributed by atoms with Gasteiger partial charge < -0.3 is 21.3 Å². The molecule has 2 aromatic carbocycles. The van der Waals surface area contributed by atoms with Gasteiger partial charge in [0.25, 0.3) is 12.3 Å². The number of amides is 1. The summed E-state index contributed by atoms with van der Waals surface area (Å²) in [5, 5.41) is 28.1. The largest absolute Gasteiger partial charge is 0.507 e. The Hall–Kier alpha value is -2.86. The molecule has 1 atom stereocenters. The smallest absolute Gasteiger partial charge is 0.321 e. The molecule has 0 fully saturated rings. The van der Waals surface area contributed by atoms with Gasteiger partial charge in [-0.05, 0) is 29.8 Å². The summed E-state index contributed by atoms with van der Waals surface area (Å²) in [5.74, 6) is -2.43. The summed E-state index contributed by atoms with van der Waals surface area (Å²) in [6, 6.07) is 5.97. The van der Waals surface area contributed by atoms with Gasteiger partial charge >= 0.3 is 5.97 Å². The first-order valence-electron chi connectivity index (χ1n) is 9.15. The number of nitrogens with zero attached hydrogens (tertiary/aromatic N) is 1. The minimum Gasteiger partial charge on any atom is -0.507 e. The molecule has 0 aliphatic rings. The van der Waals surface area contributed by atoms with Crippen LogP contribution in [0.5, 0.6) is 5.75 Å². The molecule has 6 N–H and O–H groups in total. The third-order valence-electron chi connectivity index (χ3n) is 4.45. The number of hydrogen-bond acceptors (Lipinski definition) is 6. The van der Waals surface area contributed by atoms with Gasteiger partial charge in [-0.3, -0.25) is 14.7 Å². The summed E-state index contributed by atoms with van der Waals surface area (Å²) in [5.41, 5.74) is 5.41. The molecule has 0 bridgehead atoms. The maximum absolute atomic E-state index is 13.2. The van der Waals surface area contributed by atoms with Crippen molar-refractivity contribution in [3.05, 3.63) is 57.8 Å². The lowest BCUT2D eigenvalue weighted by Crippen LogP contribution is -2.32. The van der Waals surface area contributed by atoms with Crippen LogP contribution < -0.4 is 11.1 Å². The van der Waals surface area contributed by atoms with Gasteiger partial charge in [-0.1, -0.05) is 29.3 Å². The molecule has 0 saturated carbocycles. The zero-order chi connectivity index (χ0) is 24.3. The first-order valence-corrected chi connectivity index (χ1v) is 10.9. The van der Waals surface area contributed by atoms with Crippen molar-refractivity contribution in [2.24, 2.45) is 5.73 Å². The number of carbonyl (C=O) groups excluding carboxylic acids is 1. The SMILES string of the molecule is NC(CSc1c(O)ccc(NC(=O)c2cn[nH]c2C(F)F)c1-c1ccc(Cl)c(Cl)c1)C(=O)O. The number of benzene rings is 2. The summed E-state index contributed by atoms with van der Waals surface area (Å²) < 4.78 is 26.3. The Bertz CT molecular complexity index is 1210. The van der Waals surface area contributed by atoms with Crippen molar-refractivity contribution in [2.45, 2.75) is 17.4 Å². The predicted octanol–water partition coefficient (Wildman–Crippen LogP) is 4.78. The molecule has 1 aromatic heterocycles. The number of phenols is 1. The summed E-state index contributed by atoms with van der Waals surface area (Å²) in [6.07, 6.45) is -1.98. The molecular formula is C20H16Cl2F2N4O4S. The number of carboxylic acids is 1. The highest BCUT2D eigenvalue weighted by Gasteiger charge is 2.24. The van der Waals surface area contributed by atoms with Crippen LogP contribution in [0.1, 0.15) is 22.5 Å². The van der Waals surface area contributed by atoms with Crippen molar-refractivity contribution in [3.8, 4) is 16.9 Å². The Morgan fingerprint density at radius 1 is 1.21 bits per heavy atom. The first kappa shape index (κ1) is 24.8. The highest BCUT2D eigenvalue weighted by atomic mass is 35.5. The molecule has 174 valence electrons. The molecule has 3 rings (SSSR count). The summed E-state index contributed by atoms with van der Waals surface area (Å²) in [6.45, 7) is 0. The Morgan fingerprint density at radius 3 is 2.58 bits per heavy atom. The molecule has 1 heterocycles. The molecule has 13 heteroatoms. The van der Waals surface area contributed by atoms with E-state index in [9.17, 15) is 23.5 Å². The number of halogens is 4. The zero-order valence-electron chi connectivity index (χ0n) is 16.5. The highest BCUT2D eigenvalue weighted by molar-refractivity contribution is 7.99. The highest BCUT2D eigenvalue weighted by Crippen LogP contribution is 2.44. The van der Waals surface area contributed by atoms with Crippen LogP contribution in [0, 0.1) is 0 Å². The number of H-pyrrole nitrogens is 1. The average Bonchev–Trinajstić information content (AvgIpc) is 3.26. The summed E-state index contributed by atoms with van der Waals surface area (Å²) >= 11 is 13.1. The van der Waals surface area contributed by atoms with E-state index in [1.165, 1.54) is 24.3 Å². The van der Waals surface area contributed by atoms with Crippen molar-refractivity contribution < 1.29 is 28.6 Å². The van der Waals surface area contributed by atoms with Gasteiger partial charge in [-0.25, -0.2) is 8.78 Å². The quantitative estimate of drug-likeness (QED) is 0.214. The zero-order valence-corrected chi connectivity index (χ0v) is 18.8. The molecule has 33 heavy (non-hydrogen) atoms. The third-order valence-corrected chi connectivity index (χ3v) is 6.42. The van der Waals surface area contributed by atoms with Gasteiger partial charge in [0.1, 0.15) is 17.5 Å². The number of nitrogens with two attached hydrogens (primary N) is 1. The number of rotatable bonds is 8. The molecule has 0 spiro atoms. The number of aromatic amines is 1. The maximum atomic E-state index is 13.2. The molecule has 0 saturated heterocycles. The van der Waals surface area contributed by atoms with Crippen molar-refractivity contribution in [1.29, 1.82) is 0 Å². The fraction of sp³-hybridized carbons (Fsp3) is 0.150. The van der Waals surface area contributed by atoms with Crippen molar-refractivity contribution in [1.82, 2.24) is 10.2 Å². The molecular weight excluding hydrogens is 501 g/mol. The lowest BCUT2D eigenvalue weighted by molar-refractivity contribution is -0.137. The minimum atomic E-state index is -2.95. The monoisotopic (exact) mass is 516 g/mol. The van der Waals surface area contributed by atoms with Crippen LogP contribution in [0.25, 0.3) is 11.1 Å². The van der Waals surface area contributed by atoms with Gasteiger partial charge in [-0.15, -0.1) is 11.8 Å². The number of aromatic nitrogens is 2. The van der Waals surface area contributed by atoms with Crippen LogP contribution in [-0.2, 0) is 4.79 Å². The number of carbonyl (C=O) groups is 2. The lowest BCUT2D eigenvalue weighted by Gasteiger charge is -2.18. The molecule has 1 unspecified atom stereocenters. The van der Waals surface area contributed by atoms with E-state index in [4.69, 9.17) is 34.0 Å². The molecule has 1 amide bonds. The average molecular weight is 517 g/mol. The second-order valence-corrected chi connectivity index (χ2v) is 8.52. The van der Waals surface area contributed by atoms with E-state index < -0.39 is 30.0 Å². The standard InChI is InChI=1S/C20H16Cl2F2N4O4S/c21-10-2-1-8(5-11(10)22)15-13(27-19(30)9-6-26-28-16(9)18(23)24)3-4-14(29)17(15)33-7-12(25)20(31)32/h1-6,12,18,29H,7,25H2,(H,26,28)(H,27,30)(H,31,32). The van der Waals surface area contributed by atoms with Crippen LogP contribution in [0.4, 0.5) is 14.5 Å². The fourth-order valence-corrected chi connectivity index (χ4v) is 4.21. The van der Waals surface area contributed by atoms with Crippen LogP contribution in [-0.4, -0.2) is 44.1 Å². The molecule has 0 aliphatic heterocycles.